The molecule has 0 aromatic heterocycles. The number of carbonyl (C=O) groups excluding carboxylic acids is 1. The zero-order valence-electron chi connectivity index (χ0n) is 14.0. The van der Waals surface area contributed by atoms with Crippen molar-refractivity contribution in [2.24, 2.45) is 5.92 Å². The fraction of sp³-hybridized carbons (Fsp3) is 0.812. The molecule has 22 heavy (non-hydrogen) atoms. The van der Waals surface area contributed by atoms with E-state index in [-0.39, 0.29) is 18.1 Å². The van der Waals surface area contributed by atoms with Crippen molar-refractivity contribution in [3.8, 4) is 12.1 Å². The molecule has 0 unspecified atom stereocenters. The summed E-state index contributed by atoms with van der Waals surface area (Å²) < 4.78 is 5.40. The smallest absolute Gasteiger partial charge is 0.410 e. The number of hydrogen-bond donors (Lipinski definition) is 0. The molecule has 0 N–H and O–H groups in total. The highest BCUT2D eigenvalue weighted by Crippen LogP contribution is 2.17. The predicted octanol–water partition coefficient (Wildman–Crippen LogP) is 2.37. The van der Waals surface area contributed by atoms with Crippen molar-refractivity contribution in [2.45, 2.75) is 52.2 Å². The molecule has 0 radical (unpaired) electrons. The molecule has 0 aliphatic carbocycles. The first-order chi connectivity index (χ1) is 10.3. The summed E-state index contributed by atoms with van der Waals surface area (Å²) in [6.07, 6.45) is 0.733. The number of amides is 1. The molecule has 1 amide bonds. The van der Waals surface area contributed by atoms with Crippen molar-refractivity contribution in [3.05, 3.63) is 0 Å². The standard InChI is InChI=1S/C16H26N4O2/c1-13-11-20(15(21)22-16(2,3)4)9-8-19(13)12-14(10-18)6-5-7-17/h13-14H,5-6,8-9,11-12H2,1-4H3/t13-,14+/m0/s1. The van der Waals surface area contributed by atoms with Gasteiger partial charge in [0.15, 0.2) is 0 Å². The largest absolute Gasteiger partial charge is 0.444 e. The minimum absolute atomic E-state index is 0.129. The predicted molar refractivity (Wildman–Crippen MR) is 82.8 cm³/mol. The van der Waals surface area contributed by atoms with Crippen molar-refractivity contribution in [3.63, 3.8) is 0 Å². The fourth-order valence-electron chi connectivity index (χ4n) is 2.48. The Morgan fingerprint density at radius 2 is 2.05 bits per heavy atom. The van der Waals surface area contributed by atoms with E-state index in [0.717, 1.165) is 6.54 Å². The summed E-state index contributed by atoms with van der Waals surface area (Å²) >= 11 is 0. The van der Waals surface area contributed by atoms with Crippen LogP contribution in [0.3, 0.4) is 0 Å². The number of piperazine rings is 1. The molecule has 0 aromatic carbocycles. The van der Waals surface area contributed by atoms with Crippen LogP contribution in [0.5, 0.6) is 0 Å². The lowest BCUT2D eigenvalue weighted by atomic mass is 10.0. The van der Waals surface area contributed by atoms with E-state index in [1.165, 1.54) is 0 Å². The van der Waals surface area contributed by atoms with Gasteiger partial charge in [-0.1, -0.05) is 0 Å². The van der Waals surface area contributed by atoms with Gasteiger partial charge in [0.1, 0.15) is 5.60 Å². The van der Waals surface area contributed by atoms with Crippen LogP contribution in [0.2, 0.25) is 0 Å². The third kappa shape index (κ3) is 5.91. The van der Waals surface area contributed by atoms with Gasteiger partial charge in [-0.15, -0.1) is 0 Å². The van der Waals surface area contributed by atoms with Crippen LogP contribution in [0, 0.1) is 28.6 Å². The molecule has 1 aliphatic rings. The summed E-state index contributed by atoms with van der Waals surface area (Å²) in [5, 5.41) is 17.8. The minimum atomic E-state index is -0.485. The van der Waals surface area contributed by atoms with Crippen molar-refractivity contribution >= 4 is 6.09 Å². The van der Waals surface area contributed by atoms with E-state index in [4.69, 9.17) is 15.3 Å². The topological polar surface area (TPSA) is 80.4 Å². The van der Waals surface area contributed by atoms with Gasteiger partial charge in [0.2, 0.25) is 0 Å². The van der Waals surface area contributed by atoms with Gasteiger partial charge in [-0.3, -0.25) is 4.90 Å². The minimum Gasteiger partial charge on any atom is -0.444 e. The van der Waals surface area contributed by atoms with Crippen molar-refractivity contribution < 1.29 is 9.53 Å². The number of rotatable bonds is 4. The summed E-state index contributed by atoms with van der Waals surface area (Å²) in [5.74, 6) is -0.129. The monoisotopic (exact) mass is 306 g/mol. The lowest BCUT2D eigenvalue weighted by Crippen LogP contribution is -2.55. The molecule has 0 bridgehead atoms. The Balaban J connectivity index is 2.51. The number of ether oxygens (including phenoxy) is 1. The molecule has 6 nitrogen and oxygen atoms in total. The molecular formula is C16H26N4O2. The summed E-state index contributed by atoms with van der Waals surface area (Å²) in [4.78, 5) is 16.0. The van der Waals surface area contributed by atoms with Crippen LogP contribution in [0.25, 0.3) is 0 Å². The van der Waals surface area contributed by atoms with E-state index >= 15 is 0 Å². The van der Waals surface area contributed by atoms with Gasteiger partial charge in [0.05, 0.1) is 18.1 Å². The maximum atomic E-state index is 12.1. The third-order valence-corrected chi connectivity index (χ3v) is 3.66. The average Bonchev–Trinajstić information content (AvgIpc) is 2.43. The number of carbonyl (C=O) groups is 1. The van der Waals surface area contributed by atoms with Crippen LogP contribution >= 0.6 is 0 Å². The van der Waals surface area contributed by atoms with Gasteiger partial charge >= 0.3 is 6.09 Å². The first-order valence-corrected chi connectivity index (χ1v) is 7.75. The number of hydrogen-bond acceptors (Lipinski definition) is 5. The number of nitriles is 2. The molecule has 1 rings (SSSR count). The summed E-state index contributed by atoms with van der Waals surface area (Å²) in [5.41, 5.74) is -0.485. The van der Waals surface area contributed by atoms with E-state index < -0.39 is 5.60 Å². The van der Waals surface area contributed by atoms with Crippen LogP contribution in [-0.2, 0) is 4.74 Å². The molecule has 1 fully saturated rings. The fourth-order valence-corrected chi connectivity index (χ4v) is 2.48. The Labute approximate surface area is 133 Å². The molecule has 2 atom stereocenters. The van der Waals surface area contributed by atoms with Gasteiger partial charge in [-0.25, -0.2) is 4.79 Å². The summed E-state index contributed by atoms with van der Waals surface area (Å²) in [6.45, 7) is 10.2. The summed E-state index contributed by atoms with van der Waals surface area (Å²) in [7, 11) is 0. The average molecular weight is 306 g/mol. The SMILES string of the molecule is C[C@H]1CN(C(=O)OC(C)(C)C)CCN1C[C@@H](C#N)CCC#N. The molecule has 1 aliphatic heterocycles. The second-order valence-electron chi connectivity index (χ2n) is 6.79. The maximum absolute atomic E-state index is 12.1. The maximum Gasteiger partial charge on any atom is 0.410 e. The Bertz CT molecular complexity index is 458. The zero-order chi connectivity index (χ0) is 16.8. The lowest BCUT2D eigenvalue weighted by molar-refractivity contribution is 0.00449. The Hall–Kier alpha value is -1.79. The van der Waals surface area contributed by atoms with Crippen LogP contribution in [0.4, 0.5) is 4.79 Å². The molecule has 1 heterocycles. The molecule has 0 aromatic rings. The molecule has 6 heteroatoms. The van der Waals surface area contributed by atoms with Crippen molar-refractivity contribution in [2.75, 3.05) is 26.2 Å². The molecule has 122 valence electrons. The lowest BCUT2D eigenvalue weighted by Gasteiger charge is -2.40. The first-order valence-electron chi connectivity index (χ1n) is 7.75. The summed E-state index contributed by atoms with van der Waals surface area (Å²) in [6, 6.07) is 4.54. The van der Waals surface area contributed by atoms with Crippen LogP contribution in [0.15, 0.2) is 0 Å². The third-order valence-electron chi connectivity index (χ3n) is 3.66. The second-order valence-corrected chi connectivity index (χ2v) is 6.79. The van der Waals surface area contributed by atoms with Gasteiger partial charge in [0, 0.05) is 38.6 Å². The normalized spacial score (nSPS) is 20.8. The van der Waals surface area contributed by atoms with Gasteiger partial charge < -0.3 is 9.64 Å². The van der Waals surface area contributed by atoms with E-state index in [1.54, 1.807) is 4.90 Å². The number of nitrogens with zero attached hydrogens (tertiary/aromatic N) is 4. The van der Waals surface area contributed by atoms with Gasteiger partial charge in [0.25, 0.3) is 0 Å². The van der Waals surface area contributed by atoms with E-state index in [2.05, 4.69) is 24.0 Å². The Kier molecular flexibility index (Phi) is 6.64. The van der Waals surface area contributed by atoms with E-state index in [1.807, 2.05) is 20.8 Å². The van der Waals surface area contributed by atoms with Crippen LogP contribution in [-0.4, -0.2) is 53.7 Å². The Morgan fingerprint density at radius 1 is 1.36 bits per heavy atom. The van der Waals surface area contributed by atoms with Crippen LogP contribution < -0.4 is 0 Å². The first kappa shape index (κ1) is 18.3. The highest BCUT2D eigenvalue weighted by Gasteiger charge is 2.30. The molecule has 0 saturated carbocycles. The molecule has 0 spiro atoms. The second kappa shape index (κ2) is 8.00. The highest BCUT2D eigenvalue weighted by molar-refractivity contribution is 5.68. The van der Waals surface area contributed by atoms with Crippen LogP contribution in [0.1, 0.15) is 40.5 Å². The Morgan fingerprint density at radius 3 is 2.55 bits per heavy atom. The van der Waals surface area contributed by atoms with Crippen molar-refractivity contribution in [1.82, 2.24) is 9.80 Å². The quantitative estimate of drug-likeness (QED) is 0.796. The molecular weight excluding hydrogens is 280 g/mol. The highest BCUT2D eigenvalue weighted by atomic mass is 16.6. The van der Waals surface area contributed by atoms with Gasteiger partial charge in [-0.2, -0.15) is 10.5 Å². The van der Waals surface area contributed by atoms with Crippen molar-refractivity contribution in [1.29, 1.82) is 10.5 Å². The zero-order valence-corrected chi connectivity index (χ0v) is 14.0. The molecule has 1 saturated heterocycles. The van der Waals surface area contributed by atoms with Gasteiger partial charge in [-0.05, 0) is 34.1 Å². The van der Waals surface area contributed by atoms with E-state index in [9.17, 15) is 4.79 Å². The van der Waals surface area contributed by atoms with E-state index in [0.29, 0.717) is 32.5 Å².